The lowest BCUT2D eigenvalue weighted by atomic mass is 10.1. The van der Waals surface area contributed by atoms with Crippen LogP contribution in [0.3, 0.4) is 0 Å². The summed E-state index contributed by atoms with van der Waals surface area (Å²) >= 11 is 0. The number of alkyl carbamates (subject to hydrolysis) is 1. The Labute approximate surface area is 724 Å². The predicted octanol–water partition coefficient (Wildman–Crippen LogP) is 6.65. The molecule has 682 valence electrons. The minimum atomic E-state index is -5.25. The molecule has 6 aromatic rings. The molecule has 0 unspecified atom stereocenters. The van der Waals surface area contributed by atoms with Crippen LogP contribution in [0, 0.1) is 0 Å². The number of carboxylic acids is 1. The van der Waals surface area contributed by atoms with Crippen molar-refractivity contribution >= 4 is 161 Å². The first-order chi connectivity index (χ1) is 58.1. The van der Waals surface area contributed by atoms with Gasteiger partial charge in [0.25, 0.3) is 60.7 Å². The topological polar surface area (TPSA) is 569 Å². The minimum Gasteiger partial charge on any atom is -0.493 e. The largest absolute Gasteiger partial charge is 0.582 e. The van der Waals surface area contributed by atoms with Gasteiger partial charge >= 0.3 is 20.9 Å². The van der Waals surface area contributed by atoms with Crippen LogP contribution >= 0.6 is 0 Å². The minimum absolute atomic E-state index is 0.0150. The number of unbranched alkanes of at least 4 members (excludes halogenated alkanes) is 3. The summed E-state index contributed by atoms with van der Waals surface area (Å²) in [5.74, 6) is -4.06. The van der Waals surface area contributed by atoms with E-state index in [4.69, 9.17) is 58.5 Å². The highest BCUT2D eigenvalue weighted by molar-refractivity contribution is 7.87. The van der Waals surface area contributed by atoms with Crippen molar-refractivity contribution in [3.8, 4) is 5.75 Å². The molecule has 6 bridgehead atoms. The predicted molar refractivity (Wildman–Crippen MR) is 473 cm³/mol. The molecule has 2 amide bonds. The number of fused-ring (bicyclic) bond motifs is 14. The highest BCUT2D eigenvalue weighted by Crippen LogP contribution is 2.46. The van der Waals surface area contributed by atoms with Crippen LogP contribution in [0.4, 0.5) is 16.4 Å². The second-order valence-corrected chi connectivity index (χ2v) is 54.0. The van der Waals surface area contributed by atoms with Crippen LogP contribution in [-0.4, -0.2) is 286 Å². The quantitative estimate of drug-likeness (QED) is 0.00826. The maximum Gasteiger partial charge on any atom is 0.582 e. The van der Waals surface area contributed by atoms with Crippen molar-refractivity contribution in [3.63, 3.8) is 0 Å². The van der Waals surface area contributed by atoms with Gasteiger partial charge in [-0.15, -0.1) is 0 Å². The van der Waals surface area contributed by atoms with Crippen LogP contribution in [0.5, 0.6) is 5.75 Å². The number of aromatic nitrogens is 2. The number of aliphatic imine (C=N–C) groups is 4. The van der Waals surface area contributed by atoms with E-state index >= 15 is 0 Å². The van der Waals surface area contributed by atoms with Gasteiger partial charge in [-0.1, -0.05) is 91.3 Å². The molecule has 4 aliphatic rings. The summed E-state index contributed by atoms with van der Waals surface area (Å²) in [4.78, 5) is 69.5. The second-order valence-electron chi connectivity index (χ2n) is 32.9. The number of hydrogen-bond donors (Lipinski definition) is 10. The molecule has 124 heavy (non-hydrogen) atoms. The third-order valence-electron chi connectivity index (χ3n) is 22.0. The first-order valence-corrected chi connectivity index (χ1v) is 58.6. The van der Waals surface area contributed by atoms with Crippen LogP contribution in [-0.2, 0) is 83.3 Å². The molecule has 10 rings (SSSR count). The van der Waals surface area contributed by atoms with Crippen molar-refractivity contribution < 1.29 is 124 Å². The number of quaternary nitrogens is 2. The molecule has 11 N–H and O–H groups in total. The van der Waals surface area contributed by atoms with E-state index in [1.807, 2.05) is 114 Å². The fourth-order valence-electron chi connectivity index (χ4n) is 16.3. The van der Waals surface area contributed by atoms with Crippen molar-refractivity contribution in [2.75, 3.05) is 113 Å². The molecule has 2 aromatic heterocycles. The lowest BCUT2D eigenvalue weighted by molar-refractivity contribution is -0.928. The Morgan fingerprint density at radius 1 is 0.435 bits per heavy atom. The van der Waals surface area contributed by atoms with Gasteiger partial charge in [-0.25, -0.2) is 34.7 Å². The Bertz CT molecular complexity index is 5610. The average Bonchev–Trinajstić information content (AvgIpc) is 1.51. The molecule has 0 spiro atoms. The summed E-state index contributed by atoms with van der Waals surface area (Å²) in [6, 6.07) is 26.9. The molecule has 39 nitrogen and oxygen atoms in total. The number of hydrogen-bond acceptors (Lipinski definition) is 26. The number of amides is 2. The number of amidine groups is 4. The fourth-order valence-corrected chi connectivity index (χ4v) is 31.8. The molecule has 0 saturated carbocycles. The Balaban J connectivity index is 1.11. The summed E-state index contributed by atoms with van der Waals surface area (Å²) in [6.07, 6.45) is 2.35. The summed E-state index contributed by atoms with van der Waals surface area (Å²) < 4.78 is 242. The number of benzene rings is 4. The molecule has 4 aliphatic heterocycles. The fraction of sp³-hybridized carbons (Fsp3) is 0.539. The normalized spacial score (nSPS) is 15.1. The molecule has 0 radical (unpaired) electrons. The number of rotatable bonds is 53. The smallest absolute Gasteiger partial charge is 0.493 e. The summed E-state index contributed by atoms with van der Waals surface area (Å²) in [7, 11) is -40.2. The zero-order valence-corrected chi connectivity index (χ0v) is 77.5. The van der Waals surface area contributed by atoms with E-state index < -0.39 is 139 Å². The van der Waals surface area contributed by atoms with Gasteiger partial charge in [-0.2, -0.15) is 50.5 Å². The number of nitrogens with two attached hydrogens (primary N) is 1. The standard InChI is InChI=1S/C76H109N13O26S6Si3/c1-122(2,54-23-44-88(38-17-48-116(94,95)96,39-18-49-117(97,98)99)40-19-50-118(100,101)102)114-124(115-123(3,4)55-24-45-89(41-20-51-119(103,104)105,42-21-52-120(106,107)108)43-22-53-121(109,110)111)86-71-58-28-9-10-29-59(58)73(86)84-69-62-32-16-34-64(112-46-25-47-113-76(93)79-37-14-5-6-35-65(90)78-36-15-13-33-63(77)75(91)92)66(62)70(81-69)85-74-61-31-12-11-30-60(61)72(87(74)124)83-68-57-27-8-7-26-56(57)67(80-68)82-71/h7-12,16,26-32,34,63H,5-6,13-15,17-25,33,35-55,77H2,1-4H3,(H7-2,78,79,90,91,92,93,94,95,96,97,98,99,100,101,102,103,104,105,106,107,108,109,110,111)/p+2/t63-/m0/s1. The Morgan fingerprint density at radius 3 is 1.27 bits per heavy atom. The number of carbonyl (C=O) groups excluding carboxylic acids is 2. The highest BCUT2D eigenvalue weighted by atomic mass is 32.2. The van der Waals surface area contributed by atoms with Crippen molar-refractivity contribution in [2.24, 2.45) is 35.7 Å². The van der Waals surface area contributed by atoms with Gasteiger partial charge < -0.3 is 48.1 Å². The van der Waals surface area contributed by atoms with Gasteiger partial charge in [0.05, 0.1) is 106 Å². The van der Waals surface area contributed by atoms with Crippen molar-refractivity contribution in [3.05, 3.63) is 124 Å². The Kier molecular flexibility index (Phi) is 32.9. The van der Waals surface area contributed by atoms with E-state index in [9.17, 15) is 92.2 Å². The van der Waals surface area contributed by atoms with E-state index in [-0.39, 0.29) is 209 Å². The van der Waals surface area contributed by atoms with Crippen LogP contribution in [0.2, 0.25) is 38.3 Å². The van der Waals surface area contributed by atoms with Crippen LogP contribution in [0.15, 0.2) is 121 Å². The van der Waals surface area contributed by atoms with E-state index in [1.54, 1.807) is 12.1 Å². The third-order valence-corrected chi connectivity index (χ3v) is 38.4. The van der Waals surface area contributed by atoms with Crippen molar-refractivity contribution in [1.82, 2.24) is 19.1 Å². The number of carboxylic acid groups (broad SMARTS) is 1. The van der Waals surface area contributed by atoms with Crippen molar-refractivity contribution in [1.29, 1.82) is 0 Å². The molecule has 4 aromatic carbocycles. The number of aliphatic carboxylic acids is 1. The van der Waals surface area contributed by atoms with Crippen LogP contribution < -0.4 is 32.1 Å². The van der Waals surface area contributed by atoms with Crippen molar-refractivity contribution in [2.45, 2.75) is 147 Å². The molecule has 0 saturated heterocycles. The second kappa shape index (κ2) is 41.5. The highest BCUT2D eigenvalue weighted by Gasteiger charge is 2.58. The lowest BCUT2D eigenvalue weighted by Crippen LogP contribution is -2.70. The van der Waals surface area contributed by atoms with Gasteiger partial charge in [0, 0.05) is 103 Å². The zero-order valence-electron chi connectivity index (χ0n) is 69.6. The average molecular weight is 1900 g/mol. The number of ether oxygens (including phenoxy) is 2. The van der Waals surface area contributed by atoms with Gasteiger partial charge in [0.15, 0.2) is 40.0 Å². The van der Waals surface area contributed by atoms with Gasteiger partial charge in [0.2, 0.25) is 5.91 Å². The van der Waals surface area contributed by atoms with E-state index in [0.717, 1.165) is 0 Å². The summed E-state index contributed by atoms with van der Waals surface area (Å²) in [5.41, 5.74) is 8.11. The molecular formula is C76H111N13O26S6Si3+2. The van der Waals surface area contributed by atoms with Crippen LogP contribution in [0.25, 0.3) is 21.5 Å². The maximum atomic E-state index is 13.0. The molecule has 1 atom stereocenters. The molecule has 6 heterocycles. The zero-order chi connectivity index (χ0) is 90.3. The lowest BCUT2D eigenvalue weighted by Gasteiger charge is -2.44. The number of nitrogens with one attached hydrogen (secondary N) is 2. The summed E-state index contributed by atoms with van der Waals surface area (Å²) in [6.45, 7) is 8.31. The monoisotopic (exact) mass is 1900 g/mol. The van der Waals surface area contributed by atoms with Crippen LogP contribution in [0.1, 0.15) is 125 Å². The Hall–Kier alpha value is -7.84. The van der Waals surface area contributed by atoms with E-state index in [2.05, 4.69) is 10.6 Å². The SMILES string of the molecule is C[Si](C)(CCC[N+](CCCS(=O)(=O)O)(CCCS(=O)(=O)O)CCCS(=O)(=O)O)O[Si]1(O[Si](C)(C)CCC[N+](CCCS(=O)(=O)O)(CCCS(=O)(=O)O)CCCS(=O)(=O)O)n2c3c4ccccc4c2N=C2N=C(N=c4c5ccccc5c(n41)=NC1=NC(=N3)c3ccccc31)c1cccc(OCCCOC(=O)NCCCCCC(=O)NCCCC[C@H](N)C(=O)O)c12. The first kappa shape index (κ1) is 98.3. The molecule has 0 aliphatic carbocycles. The third kappa shape index (κ3) is 28.1. The Morgan fingerprint density at radius 2 is 0.823 bits per heavy atom. The maximum absolute atomic E-state index is 13.0. The van der Waals surface area contributed by atoms with E-state index in [0.29, 0.717) is 94.6 Å². The number of nitrogens with zero attached hydrogens (tertiary/aromatic N) is 10. The molecule has 0 fully saturated rings. The van der Waals surface area contributed by atoms with Gasteiger partial charge in [0.1, 0.15) is 34.4 Å². The molecule has 48 heteroatoms. The number of carbonyl (C=O) groups is 3. The summed E-state index contributed by atoms with van der Waals surface area (Å²) in [5, 5.41) is 16.6. The van der Waals surface area contributed by atoms with Gasteiger partial charge in [-0.3, -0.25) is 45.4 Å². The van der Waals surface area contributed by atoms with Gasteiger partial charge in [-0.05, 0) is 89.3 Å². The molecular weight excluding hydrogens is 1790 g/mol. The van der Waals surface area contributed by atoms with E-state index in [1.165, 1.54) is 0 Å². The first-order valence-electron chi connectivity index (χ1n) is 41.0.